The Morgan fingerprint density at radius 2 is 2.40 bits per heavy atom. The molecule has 0 aliphatic carbocycles. The van der Waals surface area contributed by atoms with E-state index in [0.29, 0.717) is 12.7 Å². The second kappa shape index (κ2) is 8.90. The number of nitrogens with one attached hydrogen (secondary N) is 1. The van der Waals surface area contributed by atoms with Crippen LogP contribution in [-0.2, 0) is 16.0 Å². The predicted octanol–water partition coefficient (Wildman–Crippen LogP) is 3.35. The molecule has 0 aromatic heterocycles. The zero-order chi connectivity index (χ0) is 14.2. The first kappa shape index (κ1) is 16.1. The first-order valence-corrected chi connectivity index (χ1v) is 8.39. The minimum atomic E-state index is 0.397. The minimum absolute atomic E-state index is 0.397. The van der Waals surface area contributed by atoms with Crippen molar-refractivity contribution < 1.29 is 9.47 Å². The fourth-order valence-corrected chi connectivity index (χ4v) is 3.65. The Morgan fingerprint density at radius 3 is 3.15 bits per heavy atom. The molecule has 3 nitrogen and oxygen atoms in total. The van der Waals surface area contributed by atoms with E-state index in [9.17, 15) is 0 Å². The lowest BCUT2D eigenvalue weighted by Gasteiger charge is -2.14. The fraction of sp³-hybridized carbons (Fsp3) is 0.600. The molecule has 0 saturated carbocycles. The molecule has 2 rings (SSSR count). The van der Waals surface area contributed by atoms with E-state index in [-0.39, 0.29) is 0 Å². The largest absolute Gasteiger partial charge is 0.383 e. The van der Waals surface area contributed by atoms with Gasteiger partial charge in [-0.1, -0.05) is 17.7 Å². The van der Waals surface area contributed by atoms with Gasteiger partial charge in [-0.05, 0) is 30.5 Å². The van der Waals surface area contributed by atoms with Crippen LogP contribution >= 0.6 is 23.4 Å². The third kappa shape index (κ3) is 4.93. The number of rotatable bonds is 8. The van der Waals surface area contributed by atoms with Crippen molar-refractivity contribution in [3.8, 4) is 0 Å². The molecule has 0 bridgehead atoms. The van der Waals surface area contributed by atoms with Gasteiger partial charge in [-0.15, -0.1) is 11.8 Å². The number of thioether (sulfide) groups is 1. The molecule has 1 N–H and O–H groups in total. The molecule has 1 aliphatic heterocycles. The Balaban J connectivity index is 1.90. The van der Waals surface area contributed by atoms with Crippen molar-refractivity contribution in [1.82, 2.24) is 5.32 Å². The number of hydrogen-bond donors (Lipinski definition) is 1. The highest BCUT2D eigenvalue weighted by Gasteiger charge is 2.16. The van der Waals surface area contributed by atoms with Gasteiger partial charge < -0.3 is 14.8 Å². The van der Waals surface area contributed by atoms with Gasteiger partial charge >= 0.3 is 0 Å². The van der Waals surface area contributed by atoms with E-state index in [4.69, 9.17) is 21.1 Å². The first-order valence-electron chi connectivity index (χ1n) is 7.02. The van der Waals surface area contributed by atoms with E-state index in [2.05, 4.69) is 11.4 Å². The van der Waals surface area contributed by atoms with Gasteiger partial charge in [0.05, 0.1) is 12.7 Å². The van der Waals surface area contributed by atoms with Crippen LogP contribution in [0.15, 0.2) is 23.1 Å². The van der Waals surface area contributed by atoms with E-state index in [1.807, 2.05) is 23.9 Å². The molecule has 1 aliphatic rings. The van der Waals surface area contributed by atoms with Crippen LogP contribution in [0, 0.1) is 0 Å². The highest BCUT2D eigenvalue weighted by atomic mass is 35.5. The van der Waals surface area contributed by atoms with E-state index >= 15 is 0 Å². The van der Waals surface area contributed by atoms with Crippen LogP contribution in [-0.4, -0.2) is 38.7 Å². The summed E-state index contributed by atoms with van der Waals surface area (Å²) < 4.78 is 10.7. The topological polar surface area (TPSA) is 30.5 Å². The highest BCUT2D eigenvalue weighted by molar-refractivity contribution is 7.99. The Hall–Kier alpha value is -0.260. The monoisotopic (exact) mass is 315 g/mol. The SMILES string of the molecule is COCCNCc1c(Cl)cccc1SCC1CCCO1. The molecule has 1 heterocycles. The summed E-state index contributed by atoms with van der Waals surface area (Å²) in [4.78, 5) is 1.25. The van der Waals surface area contributed by atoms with Crippen molar-refractivity contribution in [2.45, 2.75) is 30.4 Å². The standard InChI is InChI=1S/C15H22ClNO2S/c1-18-9-7-17-10-13-14(16)5-2-6-15(13)20-11-12-4-3-8-19-12/h2,5-6,12,17H,3-4,7-11H2,1H3. The molecular weight excluding hydrogens is 294 g/mol. The third-order valence-corrected chi connectivity index (χ3v) is 4.90. The third-order valence-electron chi connectivity index (χ3n) is 3.31. The summed E-state index contributed by atoms with van der Waals surface area (Å²) in [5, 5.41) is 4.18. The zero-order valence-corrected chi connectivity index (χ0v) is 13.4. The van der Waals surface area contributed by atoms with Gasteiger partial charge in [0.15, 0.2) is 0 Å². The second-order valence-corrected chi connectivity index (χ2v) is 6.30. The van der Waals surface area contributed by atoms with Crippen LogP contribution in [0.25, 0.3) is 0 Å². The molecule has 1 fully saturated rings. The molecular formula is C15H22ClNO2S. The zero-order valence-electron chi connectivity index (χ0n) is 11.9. The quantitative estimate of drug-likeness (QED) is 0.589. The summed E-state index contributed by atoms with van der Waals surface area (Å²) in [5.74, 6) is 1.01. The van der Waals surface area contributed by atoms with Gasteiger partial charge in [0.25, 0.3) is 0 Å². The maximum atomic E-state index is 6.32. The number of benzene rings is 1. The molecule has 1 atom stereocenters. The lowest BCUT2D eigenvalue weighted by molar-refractivity contribution is 0.129. The average molecular weight is 316 g/mol. The van der Waals surface area contributed by atoms with Gasteiger partial charge in [0, 0.05) is 42.5 Å². The normalized spacial score (nSPS) is 18.6. The molecule has 112 valence electrons. The fourth-order valence-electron chi connectivity index (χ4n) is 2.19. The van der Waals surface area contributed by atoms with Crippen LogP contribution < -0.4 is 5.32 Å². The Kier molecular flexibility index (Phi) is 7.17. The van der Waals surface area contributed by atoms with Crippen molar-refractivity contribution >= 4 is 23.4 Å². The van der Waals surface area contributed by atoms with Crippen LogP contribution in [0.3, 0.4) is 0 Å². The van der Waals surface area contributed by atoms with Gasteiger partial charge in [0.1, 0.15) is 0 Å². The summed E-state index contributed by atoms with van der Waals surface area (Å²) in [6, 6.07) is 6.10. The van der Waals surface area contributed by atoms with E-state index in [0.717, 1.165) is 30.5 Å². The summed E-state index contributed by atoms with van der Waals surface area (Å²) in [6.07, 6.45) is 2.76. The van der Waals surface area contributed by atoms with Gasteiger partial charge in [-0.25, -0.2) is 0 Å². The van der Waals surface area contributed by atoms with Crippen LogP contribution in [0.5, 0.6) is 0 Å². The lowest BCUT2D eigenvalue weighted by atomic mass is 10.2. The molecule has 0 radical (unpaired) electrons. The summed E-state index contributed by atoms with van der Waals surface area (Å²) in [7, 11) is 1.71. The van der Waals surface area contributed by atoms with Crippen molar-refractivity contribution in [3.63, 3.8) is 0 Å². The van der Waals surface area contributed by atoms with Crippen molar-refractivity contribution in [2.75, 3.05) is 32.6 Å². The summed E-state index contributed by atoms with van der Waals surface area (Å²) >= 11 is 8.16. The van der Waals surface area contributed by atoms with Crippen molar-refractivity contribution in [2.24, 2.45) is 0 Å². The van der Waals surface area contributed by atoms with Gasteiger partial charge in [-0.3, -0.25) is 0 Å². The summed E-state index contributed by atoms with van der Waals surface area (Å²) in [5.41, 5.74) is 1.17. The Bertz CT molecular complexity index is 411. The van der Waals surface area contributed by atoms with E-state index in [1.54, 1.807) is 7.11 Å². The molecule has 1 aromatic carbocycles. The molecule has 5 heteroatoms. The Morgan fingerprint density at radius 1 is 1.50 bits per heavy atom. The second-order valence-electron chi connectivity index (χ2n) is 4.83. The maximum Gasteiger partial charge on any atom is 0.0669 e. The number of ether oxygens (including phenoxy) is 2. The van der Waals surface area contributed by atoms with Crippen LogP contribution in [0.4, 0.5) is 0 Å². The average Bonchev–Trinajstić information content (AvgIpc) is 2.96. The molecule has 20 heavy (non-hydrogen) atoms. The van der Waals surface area contributed by atoms with E-state index < -0.39 is 0 Å². The summed E-state index contributed by atoms with van der Waals surface area (Å²) in [6.45, 7) is 3.23. The molecule has 0 spiro atoms. The first-order chi connectivity index (χ1) is 9.81. The minimum Gasteiger partial charge on any atom is -0.383 e. The van der Waals surface area contributed by atoms with Crippen molar-refractivity contribution in [3.05, 3.63) is 28.8 Å². The van der Waals surface area contributed by atoms with Crippen LogP contribution in [0.2, 0.25) is 5.02 Å². The Labute approximate surface area is 130 Å². The molecule has 1 unspecified atom stereocenters. The maximum absolute atomic E-state index is 6.32. The van der Waals surface area contributed by atoms with E-state index in [1.165, 1.54) is 23.3 Å². The van der Waals surface area contributed by atoms with Gasteiger partial charge in [-0.2, -0.15) is 0 Å². The predicted molar refractivity (Wildman–Crippen MR) is 84.7 cm³/mol. The number of halogens is 1. The number of hydrogen-bond acceptors (Lipinski definition) is 4. The van der Waals surface area contributed by atoms with Gasteiger partial charge in [0.2, 0.25) is 0 Å². The van der Waals surface area contributed by atoms with Crippen LogP contribution in [0.1, 0.15) is 18.4 Å². The smallest absolute Gasteiger partial charge is 0.0669 e. The van der Waals surface area contributed by atoms with Crippen molar-refractivity contribution in [1.29, 1.82) is 0 Å². The number of methoxy groups -OCH3 is 1. The highest BCUT2D eigenvalue weighted by Crippen LogP contribution is 2.30. The molecule has 1 aromatic rings. The lowest BCUT2D eigenvalue weighted by Crippen LogP contribution is -2.19. The molecule has 1 saturated heterocycles. The molecule has 0 amide bonds.